The number of nitrogens with two attached hydrogens (primary N) is 1. The molecule has 56 heavy (non-hydrogen) atoms. The van der Waals surface area contributed by atoms with Crippen LogP contribution in [0.15, 0.2) is 60.8 Å². The normalized spacial score (nSPS) is 17.5. The van der Waals surface area contributed by atoms with E-state index in [4.69, 9.17) is 29.0 Å². The van der Waals surface area contributed by atoms with Crippen molar-refractivity contribution < 1.29 is 42.3 Å². The minimum Gasteiger partial charge on any atom is -0.462 e. The van der Waals surface area contributed by atoms with E-state index in [9.17, 15) is 19.0 Å². The number of allylic oxidation sites excluding steroid dienone is 8. The molecule has 0 spiro atoms. The average molecular weight is 808 g/mol. The number of hydrogen-bond acceptors (Lipinski definition) is 9. The van der Waals surface area contributed by atoms with Crippen LogP contribution in [-0.2, 0) is 37.4 Å². The Morgan fingerprint density at radius 3 is 1.68 bits per heavy atom. The lowest BCUT2D eigenvalue weighted by Crippen LogP contribution is -2.29. The molecule has 0 amide bonds. The molecule has 0 saturated carbocycles. The molecule has 11 heteroatoms. The van der Waals surface area contributed by atoms with Gasteiger partial charge in [-0.15, -0.1) is 0 Å². The summed E-state index contributed by atoms with van der Waals surface area (Å²) in [5, 5.41) is 0. The van der Waals surface area contributed by atoms with E-state index in [1.807, 2.05) is 12.2 Å². The number of esters is 2. The zero-order valence-corrected chi connectivity index (χ0v) is 35.9. The molecule has 0 aliphatic carbocycles. The number of rotatable bonds is 39. The molecule has 0 radical (unpaired) electrons. The van der Waals surface area contributed by atoms with E-state index < -0.39 is 32.5 Å². The molecule has 1 aliphatic rings. The second kappa shape index (κ2) is 37.0. The summed E-state index contributed by atoms with van der Waals surface area (Å²) >= 11 is 0. The van der Waals surface area contributed by atoms with Crippen LogP contribution in [-0.4, -0.2) is 61.5 Å². The minimum absolute atomic E-state index is 0.0386. The smallest absolute Gasteiger partial charge is 0.462 e. The molecule has 0 aromatic rings. The summed E-state index contributed by atoms with van der Waals surface area (Å²) in [5.41, 5.74) is 5.34. The fraction of sp³-hybridized carbons (Fsp3) is 0.733. The van der Waals surface area contributed by atoms with Crippen molar-refractivity contribution in [1.82, 2.24) is 0 Å². The Kier molecular flexibility index (Phi) is 34.1. The van der Waals surface area contributed by atoms with Crippen LogP contribution in [0, 0.1) is 0 Å². The standard InChI is InChI=1S/C45H78NO9P/c1-3-5-7-8-9-10-11-12-13-14-18-21-24-27-31-35-44(47)51-39-41(40-53-56(49,50)52-38-37-46)54-45(48)36-32-28-25-22-19-16-15-17-20-23-26-30-34-43-42(55-43)33-29-6-4-2/h6,16-17,19-20,25-26,28-30,41-43H,3-5,7-15,18,21-24,27,31-40,46H2,1-2H3,(H,49,50)/b19-16-,20-17-,28-25-,29-6-,30-26-/t41-,42?,43?/m1/s1. The Bertz CT molecular complexity index is 1170. The second-order valence-electron chi connectivity index (χ2n) is 14.6. The molecule has 0 bridgehead atoms. The zero-order chi connectivity index (χ0) is 40.8. The van der Waals surface area contributed by atoms with Gasteiger partial charge in [0, 0.05) is 19.4 Å². The zero-order valence-electron chi connectivity index (χ0n) is 35.0. The lowest BCUT2D eigenvalue weighted by molar-refractivity contribution is -0.161. The van der Waals surface area contributed by atoms with Crippen LogP contribution < -0.4 is 5.73 Å². The SMILES string of the molecule is CC/C=C\CC1OC1C/C=C\C/C=C\C/C=C\C/C=C\CCC(=O)O[C@H](COC(=O)CCCCCCCCCCCCCCCCC)COP(=O)(O)OCCN. The number of ether oxygens (including phenoxy) is 3. The van der Waals surface area contributed by atoms with Gasteiger partial charge in [-0.25, -0.2) is 4.57 Å². The molecule has 322 valence electrons. The lowest BCUT2D eigenvalue weighted by atomic mass is 10.0. The highest BCUT2D eigenvalue weighted by molar-refractivity contribution is 7.47. The van der Waals surface area contributed by atoms with Crippen molar-refractivity contribution in [2.45, 2.75) is 186 Å². The van der Waals surface area contributed by atoms with Crippen molar-refractivity contribution in [3.63, 3.8) is 0 Å². The Balaban J connectivity index is 2.22. The first-order valence-electron chi connectivity index (χ1n) is 21.9. The van der Waals surface area contributed by atoms with Crippen LogP contribution >= 0.6 is 7.82 Å². The van der Waals surface area contributed by atoms with Crippen LogP contribution in [0.4, 0.5) is 0 Å². The maximum absolute atomic E-state index is 12.6. The van der Waals surface area contributed by atoms with Gasteiger partial charge < -0.3 is 24.8 Å². The molecule has 1 saturated heterocycles. The summed E-state index contributed by atoms with van der Waals surface area (Å²) in [6.07, 6.45) is 45.9. The first-order valence-corrected chi connectivity index (χ1v) is 23.4. The number of epoxide rings is 1. The van der Waals surface area contributed by atoms with Crippen LogP contribution in [0.3, 0.4) is 0 Å². The molecule has 1 fully saturated rings. The maximum Gasteiger partial charge on any atom is 0.472 e. The molecule has 10 nitrogen and oxygen atoms in total. The van der Waals surface area contributed by atoms with Gasteiger partial charge in [-0.1, -0.05) is 164 Å². The van der Waals surface area contributed by atoms with Crippen molar-refractivity contribution in [3.8, 4) is 0 Å². The number of phosphoric ester groups is 1. The van der Waals surface area contributed by atoms with Gasteiger partial charge in [0.25, 0.3) is 0 Å². The topological polar surface area (TPSA) is 147 Å². The van der Waals surface area contributed by atoms with Gasteiger partial charge in [-0.05, 0) is 51.4 Å². The Labute approximate surface area is 340 Å². The average Bonchev–Trinajstić information content (AvgIpc) is 3.94. The summed E-state index contributed by atoms with van der Waals surface area (Å²) in [6.45, 7) is 3.52. The number of unbranched alkanes of at least 4 members (excludes halogenated alkanes) is 14. The van der Waals surface area contributed by atoms with E-state index in [2.05, 4.69) is 62.5 Å². The van der Waals surface area contributed by atoms with Gasteiger partial charge in [-0.3, -0.25) is 18.6 Å². The fourth-order valence-corrected chi connectivity index (χ4v) is 6.76. The van der Waals surface area contributed by atoms with E-state index in [-0.39, 0.29) is 32.6 Å². The van der Waals surface area contributed by atoms with Gasteiger partial charge in [0.2, 0.25) is 0 Å². The Morgan fingerprint density at radius 2 is 1.14 bits per heavy atom. The van der Waals surface area contributed by atoms with Gasteiger partial charge >= 0.3 is 19.8 Å². The summed E-state index contributed by atoms with van der Waals surface area (Å²) in [5.74, 6) is -0.931. The van der Waals surface area contributed by atoms with Crippen molar-refractivity contribution in [2.24, 2.45) is 5.73 Å². The molecule has 4 atom stereocenters. The molecule has 0 aromatic heterocycles. The van der Waals surface area contributed by atoms with Crippen LogP contribution in [0.1, 0.15) is 168 Å². The molecule has 1 aliphatic heterocycles. The first kappa shape index (κ1) is 51.7. The predicted octanol–water partition coefficient (Wildman–Crippen LogP) is 11.5. The monoisotopic (exact) mass is 808 g/mol. The van der Waals surface area contributed by atoms with Gasteiger partial charge in [-0.2, -0.15) is 0 Å². The molecular formula is C45H78NO9P. The number of phosphoric acid groups is 1. The van der Waals surface area contributed by atoms with Gasteiger partial charge in [0.15, 0.2) is 6.10 Å². The molecule has 1 rings (SSSR count). The quantitative estimate of drug-likeness (QED) is 0.0202. The predicted molar refractivity (Wildman–Crippen MR) is 228 cm³/mol. The fourth-order valence-electron chi connectivity index (χ4n) is 6.00. The van der Waals surface area contributed by atoms with Crippen LogP contribution in [0.5, 0.6) is 0 Å². The summed E-state index contributed by atoms with van der Waals surface area (Å²) in [4.78, 5) is 34.8. The number of hydrogen-bond donors (Lipinski definition) is 2. The summed E-state index contributed by atoms with van der Waals surface area (Å²) in [6, 6.07) is 0. The molecule has 0 aromatic carbocycles. The van der Waals surface area contributed by atoms with E-state index in [0.717, 1.165) is 57.8 Å². The minimum atomic E-state index is -4.40. The highest BCUT2D eigenvalue weighted by Gasteiger charge is 2.36. The van der Waals surface area contributed by atoms with E-state index >= 15 is 0 Å². The Hall–Kier alpha value is -2.33. The third kappa shape index (κ3) is 33.8. The van der Waals surface area contributed by atoms with Crippen LogP contribution in [0.25, 0.3) is 0 Å². The first-order chi connectivity index (χ1) is 27.3. The largest absolute Gasteiger partial charge is 0.472 e. The summed E-state index contributed by atoms with van der Waals surface area (Å²) < 4.78 is 38.4. The number of carbonyl (C=O) groups is 2. The number of carbonyl (C=O) groups excluding carboxylic acids is 2. The second-order valence-corrected chi connectivity index (χ2v) is 16.0. The maximum atomic E-state index is 12.6. The van der Waals surface area contributed by atoms with E-state index in [0.29, 0.717) is 18.6 Å². The molecule has 1 heterocycles. The third-order valence-electron chi connectivity index (χ3n) is 9.33. The van der Waals surface area contributed by atoms with E-state index in [1.165, 1.54) is 77.0 Å². The van der Waals surface area contributed by atoms with Gasteiger partial charge in [0.05, 0.1) is 25.4 Å². The van der Waals surface area contributed by atoms with Crippen LogP contribution in [0.2, 0.25) is 0 Å². The van der Waals surface area contributed by atoms with Crippen molar-refractivity contribution >= 4 is 19.8 Å². The molecular weight excluding hydrogens is 729 g/mol. The summed E-state index contributed by atoms with van der Waals surface area (Å²) in [7, 11) is -4.40. The highest BCUT2D eigenvalue weighted by atomic mass is 31.2. The highest BCUT2D eigenvalue weighted by Crippen LogP contribution is 2.43. The van der Waals surface area contributed by atoms with Crippen molar-refractivity contribution in [1.29, 1.82) is 0 Å². The Morgan fingerprint density at radius 1 is 0.643 bits per heavy atom. The third-order valence-corrected chi connectivity index (χ3v) is 10.3. The van der Waals surface area contributed by atoms with Crippen molar-refractivity contribution in [3.05, 3.63) is 60.8 Å². The lowest BCUT2D eigenvalue weighted by Gasteiger charge is -2.19. The van der Waals surface area contributed by atoms with Gasteiger partial charge in [0.1, 0.15) is 6.61 Å². The molecule has 3 N–H and O–H groups in total. The van der Waals surface area contributed by atoms with Crippen molar-refractivity contribution in [2.75, 3.05) is 26.4 Å². The van der Waals surface area contributed by atoms with E-state index in [1.54, 1.807) is 0 Å². The molecule has 3 unspecified atom stereocenters.